The molecule has 0 aromatic heterocycles. The summed E-state index contributed by atoms with van der Waals surface area (Å²) in [5, 5.41) is 8.67. The van der Waals surface area contributed by atoms with Crippen LogP contribution in [0.3, 0.4) is 0 Å². The van der Waals surface area contributed by atoms with Crippen molar-refractivity contribution >= 4 is 17.6 Å². The Morgan fingerprint density at radius 1 is 1.26 bits per heavy atom. The molecule has 0 heterocycles. The standard InChI is InChI=1S/C14H20N2O3/c1-11-4-2-5-12(10-11)16(9-7-13(15)17)8-3-6-14(18)19/h2,4-5,10H,3,6-9H2,1H3,(H2,15,17)(H,18,19). The Kier molecular flexibility index (Phi) is 5.85. The number of nitrogens with zero attached hydrogens (tertiary/aromatic N) is 1. The van der Waals surface area contributed by atoms with Crippen LogP contribution in [0.15, 0.2) is 24.3 Å². The number of carboxylic acids is 1. The number of carbonyl (C=O) groups is 2. The summed E-state index contributed by atoms with van der Waals surface area (Å²) in [6.45, 7) is 3.11. The third-order valence-corrected chi connectivity index (χ3v) is 2.81. The summed E-state index contributed by atoms with van der Waals surface area (Å²) in [6.07, 6.45) is 0.932. The molecule has 0 fully saturated rings. The first kappa shape index (κ1) is 15.0. The van der Waals surface area contributed by atoms with E-state index in [9.17, 15) is 9.59 Å². The second-order valence-corrected chi connectivity index (χ2v) is 4.54. The summed E-state index contributed by atoms with van der Waals surface area (Å²) >= 11 is 0. The van der Waals surface area contributed by atoms with Crippen LogP contribution in [0.2, 0.25) is 0 Å². The van der Waals surface area contributed by atoms with Gasteiger partial charge in [0.1, 0.15) is 0 Å². The number of aliphatic carboxylic acids is 1. The van der Waals surface area contributed by atoms with Crippen LogP contribution in [0, 0.1) is 6.92 Å². The smallest absolute Gasteiger partial charge is 0.303 e. The normalized spacial score (nSPS) is 10.2. The third kappa shape index (κ3) is 5.90. The van der Waals surface area contributed by atoms with E-state index in [4.69, 9.17) is 10.8 Å². The maximum Gasteiger partial charge on any atom is 0.303 e. The predicted molar refractivity (Wildman–Crippen MR) is 74.1 cm³/mol. The Bertz CT molecular complexity index is 446. The quantitative estimate of drug-likeness (QED) is 0.746. The lowest BCUT2D eigenvalue weighted by Gasteiger charge is -2.24. The molecule has 0 bridgehead atoms. The van der Waals surface area contributed by atoms with E-state index in [2.05, 4.69) is 0 Å². The van der Waals surface area contributed by atoms with Gasteiger partial charge in [0.25, 0.3) is 0 Å². The van der Waals surface area contributed by atoms with Gasteiger partial charge in [-0.1, -0.05) is 12.1 Å². The zero-order valence-electron chi connectivity index (χ0n) is 11.1. The van der Waals surface area contributed by atoms with Crippen LogP contribution in [-0.2, 0) is 9.59 Å². The van der Waals surface area contributed by atoms with Crippen molar-refractivity contribution in [2.45, 2.75) is 26.2 Å². The van der Waals surface area contributed by atoms with Crippen molar-refractivity contribution in [3.05, 3.63) is 29.8 Å². The Balaban J connectivity index is 2.67. The predicted octanol–water partition coefficient (Wildman–Crippen LogP) is 1.54. The molecule has 0 aliphatic rings. The second-order valence-electron chi connectivity index (χ2n) is 4.54. The van der Waals surface area contributed by atoms with Crippen LogP contribution in [0.5, 0.6) is 0 Å². The first-order valence-corrected chi connectivity index (χ1v) is 6.31. The summed E-state index contributed by atoms with van der Waals surface area (Å²) in [7, 11) is 0. The van der Waals surface area contributed by atoms with Crippen molar-refractivity contribution in [1.82, 2.24) is 0 Å². The van der Waals surface area contributed by atoms with Gasteiger partial charge in [-0.2, -0.15) is 0 Å². The van der Waals surface area contributed by atoms with Crippen LogP contribution in [0.4, 0.5) is 5.69 Å². The fraction of sp³-hybridized carbons (Fsp3) is 0.429. The monoisotopic (exact) mass is 264 g/mol. The molecule has 0 atom stereocenters. The minimum absolute atomic E-state index is 0.124. The van der Waals surface area contributed by atoms with Crippen LogP contribution in [0.1, 0.15) is 24.8 Å². The molecule has 0 saturated carbocycles. The van der Waals surface area contributed by atoms with Crippen molar-refractivity contribution in [1.29, 1.82) is 0 Å². The molecule has 0 radical (unpaired) electrons. The molecule has 5 heteroatoms. The second kappa shape index (κ2) is 7.41. The minimum Gasteiger partial charge on any atom is -0.481 e. The average molecular weight is 264 g/mol. The van der Waals surface area contributed by atoms with Crippen LogP contribution < -0.4 is 10.6 Å². The molecule has 104 valence electrons. The molecule has 0 saturated heterocycles. The molecule has 0 aliphatic carbocycles. The van der Waals surface area contributed by atoms with E-state index < -0.39 is 5.97 Å². The van der Waals surface area contributed by atoms with Gasteiger partial charge in [-0.15, -0.1) is 0 Å². The Morgan fingerprint density at radius 3 is 2.58 bits per heavy atom. The maximum absolute atomic E-state index is 10.9. The number of rotatable bonds is 8. The summed E-state index contributed by atoms with van der Waals surface area (Å²) in [4.78, 5) is 23.4. The van der Waals surface area contributed by atoms with Gasteiger partial charge in [0.2, 0.25) is 5.91 Å². The number of benzene rings is 1. The van der Waals surface area contributed by atoms with E-state index in [1.54, 1.807) is 0 Å². The molecule has 0 unspecified atom stereocenters. The summed E-state index contributed by atoms with van der Waals surface area (Å²) in [6, 6.07) is 7.91. The molecule has 1 aromatic rings. The van der Waals surface area contributed by atoms with E-state index in [1.165, 1.54) is 0 Å². The largest absolute Gasteiger partial charge is 0.481 e. The number of hydrogen-bond acceptors (Lipinski definition) is 3. The van der Waals surface area contributed by atoms with Gasteiger partial charge in [0, 0.05) is 31.6 Å². The number of aryl methyl sites for hydroxylation is 1. The van der Waals surface area contributed by atoms with Crippen LogP contribution >= 0.6 is 0 Å². The van der Waals surface area contributed by atoms with Crippen LogP contribution in [0.25, 0.3) is 0 Å². The molecule has 1 amide bonds. The zero-order valence-corrected chi connectivity index (χ0v) is 11.1. The van der Waals surface area contributed by atoms with E-state index in [-0.39, 0.29) is 18.7 Å². The highest BCUT2D eigenvalue weighted by Gasteiger charge is 2.09. The molecule has 0 spiro atoms. The van der Waals surface area contributed by atoms with Gasteiger partial charge >= 0.3 is 5.97 Å². The molecule has 1 rings (SSSR count). The molecule has 1 aromatic carbocycles. The first-order chi connectivity index (χ1) is 8.99. The molecule has 19 heavy (non-hydrogen) atoms. The topological polar surface area (TPSA) is 83.6 Å². The van der Waals surface area contributed by atoms with Crippen molar-refractivity contribution in [2.24, 2.45) is 5.73 Å². The van der Waals surface area contributed by atoms with Gasteiger partial charge < -0.3 is 15.7 Å². The van der Waals surface area contributed by atoms with E-state index in [0.717, 1.165) is 11.3 Å². The highest BCUT2D eigenvalue weighted by Crippen LogP contribution is 2.17. The number of hydrogen-bond donors (Lipinski definition) is 2. The highest BCUT2D eigenvalue weighted by atomic mass is 16.4. The molecular formula is C14H20N2O3. The van der Waals surface area contributed by atoms with Gasteiger partial charge in [-0.05, 0) is 31.0 Å². The molecule has 0 aliphatic heterocycles. The Labute approximate surface area is 113 Å². The lowest BCUT2D eigenvalue weighted by atomic mass is 10.2. The van der Waals surface area contributed by atoms with Crippen molar-refractivity contribution in [3.63, 3.8) is 0 Å². The number of amides is 1. The van der Waals surface area contributed by atoms with E-state index in [1.807, 2.05) is 36.1 Å². The number of nitrogens with two attached hydrogens (primary N) is 1. The van der Waals surface area contributed by atoms with E-state index in [0.29, 0.717) is 19.5 Å². The minimum atomic E-state index is -0.806. The number of anilines is 1. The molecular weight excluding hydrogens is 244 g/mol. The SMILES string of the molecule is Cc1cccc(N(CCCC(=O)O)CCC(N)=O)c1. The first-order valence-electron chi connectivity index (χ1n) is 6.31. The summed E-state index contributed by atoms with van der Waals surface area (Å²) in [5.74, 6) is -1.16. The molecule has 5 nitrogen and oxygen atoms in total. The summed E-state index contributed by atoms with van der Waals surface area (Å²) in [5.41, 5.74) is 7.28. The average Bonchev–Trinajstić information content (AvgIpc) is 2.32. The highest BCUT2D eigenvalue weighted by molar-refractivity contribution is 5.74. The number of primary amides is 1. The molecule has 3 N–H and O–H groups in total. The Morgan fingerprint density at radius 2 is 2.00 bits per heavy atom. The van der Waals surface area contributed by atoms with Crippen molar-refractivity contribution in [2.75, 3.05) is 18.0 Å². The van der Waals surface area contributed by atoms with Crippen molar-refractivity contribution < 1.29 is 14.7 Å². The zero-order chi connectivity index (χ0) is 14.3. The maximum atomic E-state index is 10.9. The fourth-order valence-corrected chi connectivity index (χ4v) is 1.86. The fourth-order valence-electron chi connectivity index (χ4n) is 1.86. The van der Waals surface area contributed by atoms with Gasteiger partial charge in [-0.3, -0.25) is 9.59 Å². The lowest BCUT2D eigenvalue weighted by molar-refractivity contribution is -0.137. The summed E-state index contributed by atoms with van der Waals surface area (Å²) < 4.78 is 0. The van der Waals surface area contributed by atoms with Crippen LogP contribution in [-0.4, -0.2) is 30.1 Å². The lowest BCUT2D eigenvalue weighted by Crippen LogP contribution is -2.29. The van der Waals surface area contributed by atoms with Gasteiger partial charge in [0.05, 0.1) is 0 Å². The van der Waals surface area contributed by atoms with Gasteiger partial charge in [-0.25, -0.2) is 0 Å². The third-order valence-electron chi connectivity index (χ3n) is 2.81. The van der Waals surface area contributed by atoms with Gasteiger partial charge in [0.15, 0.2) is 0 Å². The number of carboxylic acid groups (broad SMARTS) is 1. The van der Waals surface area contributed by atoms with E-state index >= 15 is 0 Å². The van der Waals surface area contributed by atoms with Crippen molar-refractivity contribution in [3.8, 4) is 0 Å². The number of carbonyl (C=O) groups excluding carboxylic acids is 1. The Hall–Kier alpha value is -2.04.